The molecular formula is C17H13F3. The second kappa shape index (κ2) is 5.81. The Morgan fingerprint density at radius 2 is 1.55 bits per heavy atom. The van der Waals surface area contributed by atoms with Crippen molar-refractivity contribution in [3.8, 4) is 0 Å². The van der Waals surface area contributed by atoms with E-state index in [9.17, 15) is 13.2 Å². The highest BCUT2D eigenvalue weighted by Crippen LogP contribution is 2.26. The third-order valence-corrected chi connectivity index (χ3v) is 2.86. The van der Waals surface area contributed by atoms with E-state index in [1.54, 1.807) is 36.4 Å². The molecule has 0 bridgehead atoms. The number of benzene rings is 2. The van der Waals surface area contributed by atoms with Gasteiger partial charge in [-0.05, 0) is 23.6 Å². The van der Waals surface area contributed by atoms with Gasteiger partial charge in [0, 0.05) is 5.57 Å². The van der Waals surface area contributed by atoms with Gasteiger partial charge in [-0.15, -0.1) is 5.73 Å². The van der Waals surface area contributed by atoms with E-state index >= 15 is 0 Å². The molecule has 0 unspecified atom stereocenters. The molecule has 2 aromatic rings. The van der Waals surface area contributed by atoms with E-state index in [2.05, 4.69) is 5.73 Å². The molecule has 0 radical (unpaired) electrons. The summed E-state index contributed by atoms with van der Waals surface area (Å²) < 4.78 is 37.2. The first-order valence-electron chi connectivity index (χ1n) is 6.13. The van der Waals surface area contributed by atoms with Crippen LogP contribution in [0.3, 0.4) is 0 Å². The Kier molecular flexibility index (Phi) is 4.11. The zero-order valence-electron chi connectivity index (χ0n) is 10.9. The maximum Gasteiger partial charge on any atom is 0.416 e. The SMILES string of the molecule is Cc1ccccc1C(=C=CC(F)(F)F)c1ccccc1. The summed E-state index contributed by atoms with van der Waals surface area (Å²) in [6.45, 7) is 1.87. The molecule has 2 aromatic carbocycles. The summed E-state index contributed by atoms with van der Waals surface area (Å²) in [6, 6.07) is 16.3. The van der Waals surface area contributed by atoms with Gasteiger partial charge in [0.15, 0.2) is 0 Å². The molecule has 0 aliphatic carbocycles. The van der Waals surface area contributed by atoms with Crippen LogP contribution in [0.5, 0.6) is 0 Å². The topological polar surface area (TPSA) is 0 Å². The molecule has 0 heterocycles. The summed E-state index contributed by atoms with van der Waals surface area (Å²) in [6.07, 6.45) is -4.22. The zero-order valence-corrected chi connectivity index (χ0v) is 10.9. The molecule has 2 rings (SSSR count). The van der Waals surface area contributed by atoms with Crippen molar-refractivity contribution < 1.29 is 13.2 Å². The lowest BCUT2D eigenvalue weighted by Crippen LogP contribution is -2.00. The van der Waals surface area contributed by atoms with Crippen molar-refractivity contribution in [2.24, 2.45) is 0 Å². The third-order valence-electron chi connectivity index (χ3n) is 2.86. The van der Waals surface area contributed by atoms with E-state index in [0.717, 1.165) is 11.1 Å². The van der Waals surface area contributed by atoms with Crippen molar-refractivity contribution in [3.05, 3.63) is 83.1 Å². The molecule has 0 aliphatic rings. The molecule has 0 saturated heterocycles. The Hall–Kier alpha value is -2.25. The molecule has 0 saturated carbocycles. The first kappa shape index (κ1) is 14.2. The van der Waals surface area contributed by atoms with Crippen molar-refractivity contribution in [3.63, 3.8) is 0 Å². The Labute approximate surface area is 115 Å². The van der Waals surface area contributed by atoms with Crippen LogP contribution >= 0.6 is 0 Å². The average molecular weight is 274 g/mol. The fourth-order valence-corrected chi connectivity index (χ4v) is 1.93. The molecule has 20 heavy (non-hydrogen) atoms. The Balaban J connectivity index is 2.63. The molecule has 102 valence electrons. The average Bonchev–Trinajstić information content (AvgIpc) is 2.41. The number of hydrogen-bond acceptors (Lipinski definition) is 0. The Morgan fingerprint density at radius 1 is 0.950 bits per heavy atom. The van der Waals surface area contributed by atoms with Crippen LogP contribution in [0.2, 0.25) is 0 Å². The second-order valence-corrected chi connectivity index (χ2v) is 4.39. The van der Waals surface area contributed by atoms with Gasteiger partial charge in [-0.2, -0.15) is 13.2 Å². The lowest BCUT2D eigenvalue weighted by molar-refractivity contribution is -0.0796. The van der Waals surface area contributed by atoms with E-state index in [-0.39, 0.29) is 6.08 Å². The van der Waals surface area contributed by atoms with Crippen molar-refractivity contribution >= 4 is 5.57 Å². The van der Waals surface area contributed by atoms with Crippen molar-refractivity contribution in [2.45, 2.75) is 13.1 Å². The van der Waals surface area contributed by atoms with Gasteiger partial charge in [-0.3, -0.25) is 0 Å². The largest absolute Gasteiger partial charge is 0.416 e. The number of allylic oxidation sites excluding steroid dienone is 1. The van der Waals surface area contributed by atoms with E-state index in [4.69, 9.17) is 0 Å². The highest BCUT2D eigenvalue weighted by atomic mass is 19.4. The smallest absolute Gasteiger partial charge is 0.166 e. The standard InChI is InChI=1S/C17H13F3/c1-13-7-5-6-10-15(13)16(11-12-17(18,19)20)14-8-3-2-4-9-14/h2-10,12H,1H3. The lowest BCUT2D eigenvalue weighted by atomic mass is 9.95. The molecule has 0 N–H and O–H groups in total. The fourth-order valence-electron chi connectivity index (χ4n) is 1.93. The normalized spacial score (nSPS) is 10.8. The predicted molar refractivity (Wildman–Crippen MR) is 74.3 cm³/mol. The molecule has 0 aliphatic heterocycles. The van der Waals surface area contributed by atoms with Gasteiger partial charge >= 0.3 is 6.18 Å². The van der Waals surface area contributed by atoms with Gasteiger partial charge in [0.25, 0.3) is 0 Å². The molecular weight excluding hydrogens is 261 g/mol. The second-order valence-electron chi connectivity index (χ2n) is 4.39. The molecule has 0 aromatic heterocycles. The van der Waals surface area contributed by atoms with Crippen molar-refractivity contribution in [1.29, 1.82) is 0 Å². The van der Waals surface area contributed by atoms with E-state index in [1.165, 1.54) is 0 Å². The first-order valence-corrected chi connectivity index (χ1v) is 6.13. The van der Waals surface area contributed by atoms with Crippen molar-refractivity contribution in [1.82, 2.24) is 0 Å². The van der Waals surface area contributed by atoms with Crippen LogP contribution in [0.15, 0.2) is 66.4 Å². The quantitative estimate of drug-likeness (QED) is 0.665. The summed E-state index contributed by atoms with van der Waals surface area (Å²) >= 11 is 0. The summed E-state index contributed by atoms with van der Waals surface area (Å²) in [5.74, 6) is 0. The maximum absolute atomic E-state index is 12.4. The monoisotopic (exact) mass is 274 g/mol. The number of rotatable bonds is 2. The Morgan fingerprint density at radius 3 is 2.15 bits per heavy atom. The zero-order chi connectivity index (χ0) is 14.6. The van der Waals surface area contributed by atoms with Gasteiger partial charge in [-0.1, -0.05) is 54.6 Å². The minimum Gasteiger partial charge on any atom is -0.166 e. The van der Waals surface area contributed by atoms with Gasteiger partial charge in [0.2, 0.25) is 0 Å². The van der Waals surface area contributed by atoms with Crippen molar-refractivity contribution in [2.75, 3.05) is 0 Å². The van der Waals surface area contributed by atoms with Crippen LogP contribution in [0.4, 0.5) is 13.2 Å². The summed E-state index contributed by atoms with van der Waals surface area (Å²) in [5, 5.41) is 0. The highest BCUT2D eigenvalue weighted by Gasteiger charge is 2.22. The number of hydrogen-bond donors (Lipinski definition) is 0. The number of alkyl halides is 3. The third kappa shape index (κ3) is 3.62. The van der Waals surface area contributed by atoms with Crippen LogP contribution in [-0.2, 0) is 0 Å². The first-order chi connectivity index (χ1) is 9.47. The van der Waals surface area contributed by atoms with Crippen LogP contribution < -0.4 is 0 Å². The predicted octanol–water partition coefficient (Wildman–Crippen LogP) is 5.14. The minimum atomic E-state index is -4.37. The molecule has 0 amide bonds. The van der Waals surface area contributed by atoms with Gasteiger partial charge < -0.3 is 0 Å². The summed E-state index contributed by atoms with van der Waals surface area (Å²) in [5.41, 5.74) is 5.22. The number of halogens is 3. The lowest BCUT2D eigenvalue weighted by Gasteiger charge is -2.09. The van der Waals surface area contributed by atoms with Crippen LogP contribution in [0, 0.1) is 6.92 Å². The minimum absolute atomic E-state index is 0.155. The Bertz CT molecular complexity index is 645. The molecule has 0 nitrogen and oxygen atoms in total. The van der Waals surface area contributed by atoms with Crippen LogP contribution in [-0.4, -0.2) is 6.18 Å². The van der Waals surface area contributed by atoms with Crippen LogP contribution in [0.25, 0.3) is 5.57 Å². The van der Waals surface area contributed by atoms with E-state index in [0.29, 0.717) is 11.1 Å². The van der Waals surface area contributed by atoms with Crippen LogP contribution in [0.1, 0.15) is 16.7 Å². The van der Waals surface area contributed by atoms with Gasteiger partial charge in [-0.25, -0.2) is 0 Å². The van der Waals surface area contributed by atoms with Gasteiger partial charge in [0.1, 0.15) is 0 Å². The maximum atomic E-state index is 12.4. The molecule has 0 spiro atoms. The van der Waals surface area contributed by atoms with E-state index < -0.39 is 6.18 Å². The molecule has 3 heteroatoms. The molecule has 0 atom stereocenters. The molecule has 0 fully saturated rings. The van der Waals surface area contributed by atoms with E-state index in [1.807, 2.05) is 25.1 Å². The van der Waals surface area contributed by atoms with Gasteiger partial charge in [0.05, 0.1) is 6.08 Å². The highest BCUT2D eigenvalue weighted by molar-refractivity contribution is 5.80. The fraction of sp³-hybridized carbons (Fsp3) is 0.118. The number of aryl methyl sites for hydroxylation is 1. The summed E-state index contributed by atoms with van der Waals surface area (Å²) in [7, 11) is 0. The summed E-state index contributed by atoms with van der Waals surface area (Å²) in [4.78, 5) is 0.